The molecule has 2 atom stereocenters. The molecule has 2 heterocycles. The number of likely N-dealkylation sites (tertiary alicyclic amines) is 1. The number of hydrogen-bond donors (Lipinski definition) is 1. The van der Waals surface area contributed by atoms with Gasteiger partial charge in [-0.1, -0.05) is 18.5 Å². The van der Waals surface area contributed by atoms with E-state index in [1.54, 1.807) is 0 Å². The summed E-state index contributed by atoms with van der Waals surface area (Å²) in [5, 5.41) is 0.731. The molecule has 1 aromatic carbocycles. The topological polar surface area (TPSA) is 47.1 Å². The first-order valence-corrected chi connectivity index (χ1v) is 7.01. The van der Waals surface area contributed by atoms with E-state index in [2.05, 4.69) is 28.4 Å². The number of imidazole rings is 1. The van der Waals surface area contributed by atoms with Crippen LogP contribution in [0.15, 0.2) is 18.2 Å². The molecule has 1 aromatic heterocycles. The number of nitrogens with two attached hydrogens (primary N) is 1. The molecule has 0 saturated carbocycles. The molecule has 2 unspecified atom stereocenters. The maximum Gasteiger partial charge on any atom is 0.123 e. The molecule has 1 aliphatic rings. The van der Waals surface area contributed by atoms with Crippen LogP contribution in [0.5, 0.6) is 0 Å². The molecule has 0 aliphatic carbocycles. The van der Waals surface area contributed by atoms with Gasteiger partial charge in [-0.05, 0) is 24.1 Å². The number of nitrogens with zero attached hydrogens (tertiary/aromatic N) is 3. The molecular formula is C14H20Cl2N4. The fraction of sp³-hybridized carbons (Fsp3) is 0.500. The molecule has 0 radical (unpaired) electrons. The standard InChI is InChI=1S/C14H19ClN4.ClH/c1-9-6-19(7-11(9)16)8-14-17-12-5-10(15)3-4-13(12)18(14)2;/h3-5,9,11H,6-8,16H2,1-2H3;1H. The van der Waals surface area contributed by atoms with Gasteiger partial charge >= 0.3 is 0 Å². The summed E-state index contributed by atoms with van der Waals surface area (Å²) in [4.78, 5) is 7.06. The molecule has 2 aromatic rings. The summed E-state index contributed by atoms with van der Waals surface area (Å²) < 4.78 is 2.14. The van der Waals surface area contributed by atoms with Gasteiger partial charge in [0.1, 0.15) is 5.82 Å². The van der Waals surface area contributed by atoms with E-state index in [4.69, 9.17) is 17.3 Å². The Labute approximate surface area is 130 Å². The van der Waals surface area contributed by atoms with Crippen LogP contribution in [0.25, 0.3) is 11.0 Å². The second-order valence-electron chi connectivity index (χ2n) is 5.56. The van der Waals surface area contributed by atoms with Crippen LogP contribution in [0, 0.1) is 5.92 Å². The second-order valence-corrected chi connectivity index (χ2v) is 5.99. The highest BCUT2D eigenvalue weighted by Crippen LogP contribution is 2.22. The first-order chi connectivity index (χ1) is 9.04. The summed E-state index contributed by atoms with van der Waals surface area (Å²) in [6.07, 6.45) is 0. The second kappa shape index (κ2) is 5.90. The van der Waals surface area contributed by atoms with Gasteiger partial charge in [0.15, 0.2) is 0 Å². The zero-order valence-corrected chi connectivity index (χ0v) is 13.3. The maximum absolute atomic E-state index is 6.07. The van der Waals surface area contributed by atoms with Crippen molar-refractivity contribution < 1.29 is 0 Å². The van der Waals surface area contributed by atoms with Crippen molar-refractivity contribution >= 4 is 35.0 Å². The molecule has 1 saturated heterocycles. The summed E-state index contributed by atoms with van der Waals surface area (Å²) in [6.45, 7) is 5.05. The fourth-order valence-corrected chi connectivity index (χ4v) is 2.95. The van der Waals surface area contributed by atoms with Gasteiger partial charge in [-0.2, -0.15) is 0 Å². The summed E-state index contributed by atoms with van der Waals surface area (Å²) in [5.41, 5.74) is 8.15. The normalized spacial score (nSPS) is 23.2. The first kappa shape index (κ1) is 15.6. The zero-order chi connectivity index (χ0) is 13.6. The van der Waals surface area contributed by atoms with Crippen LogP contribution >= 0.6 is 24.0 Å². The van der Waals surface area contributed by atoms with Gasteiger partial charge in [0.05, 0.1) is 17.6 Å². The van der Waals surface area contributed by atoms with Gasteiger partial charge in [-0.3, -0.25) is 4.90 Å². The lowest BCUT2D eigenvalue weighted by molar-refractivity contribution is 0.307. The number of fused-ring (bicyclic) bond motifs is 1. The molecule has 1 aliphatic heterocycles. The predicted octanol–water partition coefficient (Wildman–Crippen LogP) is 2.43. The van der Waals surface area contributed by atoms with Gasteiger partial charge in [0.2, 0.25) is 0 Å². The maximum atomic E-state index is 6.07. The van der Waals surface area contributed by atoms with E-state index in [0.29, 0.717) is 5.92 Å². The van der Waals surface area contributed by atoms with Crippen molar-refractivity contribution in [2.24, 2.45) is 18.7 Å². The predicted molar refractivity (Wildman–Crippen MR) is 85.4 cm³/mol. The molecule has 6 heteroatoms. The lowest BCUT2D eigenvalue weighted by Gasteiger charge is -2.14. The van der Waals surface area contributed by atoms with Crippen molar-refractivity contribution in [3.8, 4) is 0 Å². The smallest absolute Gasteiger partial charge is 0.123 e. The molecule has 3 rings (SSSR count). The van der Waals surface area contributed by atoms with E-state index in [1.165, 1.54) is 0 Å². The number of benzene rings is 1. The van der Waals surface area contributed by atoms with Gasteiger partial charge < -0.3 is 10.3 Å². The van der Waals surface area contributed by atoms with Crippen LogP contribution in [0.4, 0.5) is 0 Å². The first-order valence-electron chi connectivity index (χ1n) is 6.63. The summed E-state index contributed by atoms with van der Waals surface area (Å²) in [7, 11) is 2.05. The third kappa shape index (κ3) is 2.79. The average molecular weight is 315 g/mol. The fourth-order valence-electron chi connectivity index (χ4n) is 2.79. The van der Waals surface area contributed by atoms with E-state index in [1.807, 2.05) is 18.2 Å². The van der Waals surface area contributed by atoms with Gasteiger partial charge in [0.25, 0.3) is 0 Å². The summed E-state index contributed by atoms with van der Waals surface area (Å²) >= 11 is 6.01. The average Bonchev–Trinajstić information content (AvgIpc) is 2.81. The zero-order valence-electron chi connectivity index (χ0n) is 11.7. The largest absolute Gasteiger partial charge is 0.330 e. The third-order valence-electron chi connectivity index (χ3n) is 4.05. The number of aromatic nitrogens is 2. The molecule has 0 amide bonds. The van der Waals surface area contributed by atoms with Crippen LogP contribution in [0.1, 0.15) is 12.7 Å². The number of rotatable bonds is 2. The van der Waals surface area contributed by atoms with Crippen molar-refractivity contribution in [1.29, 1.82) is 0 Å². The Balaban J connectivity index is 0.00000147. The molecular weight excluding hydrogens is 295 g/mol. The van der Waals surface area contributed by atoms with Crippen LogP contribution in [-0.4, -0.2) is 33.6 Å². The lowest BCUT2D eigenvalue weighted by Crippen LogP contribution is -2.28. The van der Waals surface area contributed by atoms with Crippen LogP contribution in [0.2, 0.25) is 5.02 Å². The molecule has 2 N–H and O–H groups in total. The SMILES string of the molecule is CC1CN(Cc2nc3cc(Cl)ccc3n2C)CC1N.Cl. The van der Waals surface area contributed by atoms with Crippen LogP contribution < -0.4 is 5.73 Å². The van der Waals surface area contributed by atoms with Gasteiger partial charge in [-0.25, -0.2) is 4.98 Å². The molecule has 1 fully saturated rings. The Morgan fingerprint density at radius 1 is 1.40 bits per heavy atom. The van der Waals surface area contributed by atoms with Crippen molar-refractivity contribution in [3.63, 3.8) is 0 Å². The van der Waals surface area contributed by atoms with Crippen molar-refractivity contribution in [2.75, 3.05) is 13.1 Å². The Morgan fingerprint density at radius 3 is 2.80 bits per heavy atom. The minimum absolute atomic E-state index is 0. The minimum Gasteiger partial charge on any atom is -0.330 e. The lowest BCUT2D eigenvalue weighted by atomic mass is 10.1. The highest BCUT2D eigenvalue weighted by Gasteiger charge is 2.27. The van der Waals surface area contributed by atoms with Crippen LogP contribution in [-0.2, 0) is 13.6 Å². The number of hydrogen-bond acceptors (Lipinski definition) is 3. The van der Waals surface area contributed by atoms with E-state index in [0.717, 1.165) is 41.5 Å². The highest BCUT2D eigenvalue weighted by molar-refractivity contribution is 6.31. The number of aryl methyl sites for hydroxylation is 1. The van der Waals surface area contributed by atoms with Crippen molar-refractivity contribution in [1.82, 2.24) is 14.5 Å². The number of halogens is 2. The molecule has 20 heavy (non-hydrogen) atoms. The highest BCUT2D eigenvalue weighted by atomic mass is 35.5. The van der Waals surface area contributed by atoms with Gasteiger partial charge in [-0.15, -0.1) is 12.4 Å². The Hall–Kier alpha value is -0.810. The molecule has 4 nitrogen and oxygen atoms in total. The summed E-state index contributed by atoms with van der Waals surface area (Å²) in [5.74, 6) is 1.63. The monoisotopic (exact) mass is 314 g/mol. The van der Waals surface area contributed by atoms with Crippen LogP contribution in [0.3, 0.4) is 0 Å². The van der Waals surface area contributed by atoms with Crippen molar-refractivity contribution in [3.05, 3.63) is 29.0 Å². The van der Waals surface area contributed by atoms with E-state index >= 15 is 0 Å². The Bertz CT molecular complexity index is 600. The quantitative estimate of drug-likeness (QED) is 0.926. The summed E-state index contributed by atoms with van der Waals surface area (Å²) in [6, 6.07) is 6.12. The van der Waals surface area contributed by atoms with Gasteiger partial charge in [0, 0.05) is 31.2 Å². The Kier molecular flexibility index (Phi) is 4.59. The Morgan fingerprint density at radius 2 is 2.15 bits per heavy atom. The van der Waals surface area contributed by atoms with Crippen molar-refractivity contribution in [2.45, 2.75) is 19.5 Å². The third-order valence-corrected chi connectivity index (χ3v) is 4.28. The van der Waals surface area contributed by atoms with E-state index < -0.39 is 0 Å². The molecule has 110 valence electrons. The minimum atomic E-state index is 0. The molecule has 0 spiro atoms. The molecule has 0 bridgehead atoms. The van der Waals surface area contributed by atoms with E-state index in [9.17, 15) is 0 Å². The van der Waals surface area contributed by atoms with E-state index in [-0.39, 0.29) is 18.4 Å².